The first-order chi connectivity index (χ1) is 7.76. The van der Waals surface area contributed by atoms with Gasteiger partial charge < -0.3 is 14.5 Å². The molecule has 16 heavy (non-hydrogen) atoms. The molecule has 0 aliphatic carbocycles. The minimum Gasteiger partial charge on any atom is -0.352 e. The van der Waals surface area contributed by atoms with E-state index in [1.54, 1.807) is 14.2 Å². The smallest absolute Gasteiger partial charge is 0.248 e. The second-order valence-electron chi connectivity index (χ2n) is 3.44. The van der Waals surface area contributed by atoms with Gasteiger partial charge in [0.05, 0.1) is 0 Å². The molecular weight excluding hydrogens is 206 g/mol. The third-order valence-corrected chi connectivity index (χ3v) is 2.46. The van der Waals surface area contributed by atoms with Gasteiger partial charge in [0.1, 0.15) is 0 Å². The Bertz CT molecular complexity index is 543. The van der Waals surface area contributed by atoms with Crippen molar-refractivity contribution in [3.63, 3.8) is 0 Å². The molecule has 2 rings (SSSR count). The van der Waals surface area contributed by atoms with E-state index in [4.69, 9.17) is 9.47 Å². The molecule has 1 N–H and O–H groups in total. The monoisotopic (exact) mass is 219 g/mol. The number of para-hydroxylation sites is 1. The molecule has 0 aliphatic rings. The Hall–Kier alpha value is -1.65. The molecule has 0 radical (unpaired) electrons. The molecule has 0 aliphatic heterocycles. The zero-order valence-electron chi connectivity index (χ0n) is 9.19. The van der Waals surface area contributed by atoms with Crippen LogP contribution < -0.4 is 5.56 Å². The number of hydrogen-bond donors (Lipinski definition) is 1. The van der Waals surface area contributed by atoms with E-state index in [0.717, 1.165) is 16.5 Å². The van der Waals surface area contributed by atoms with E-state index in [1.165, 1.54) is 6.07 Å². The Labute approximate surface area is 92.8 Å². The van der Waals surface area contributed by atoms with Crippen molar-refractivity contribution < 1.29 is 9.47 Å². The second kappa shape index (κ2) is 4.47. The number of aromatic nitrogens is 1. The summed E-state index contributed by atoms with van der Waals surface area (Å²) in [7, 11) is 3.09. The number of rotatable bonds is 3. The van der Waals surface area contributed by atoms with Crippen LogP contribution in [0.1, 0.15) is 11.9 Å². The van der Waals surface area contributed by atoms with E-state index in [2.05, 4.69) is 4.98 Å². The first-order valence-electron chi connectivity index (χ1n) is 4.94. The molecule has 0 bridgehead atoms. The van der Waals surface area contributed by atoms with Crippen molar-refractivity contribution >= 4 is 10.9 Å². The molecule has 0 saturated heterocycles. The van der Waals surface area contributed by atoms with Gasteiger partial charge in [0.25, 0.3) is 0 Å². The minimum absolute atomic E-state index is 0.159. The van der Waals surface area contributed by atoms with E-state index in [0.29, 0.717) is 0 Å². The highest BCUT2D eigenvalue weighted by Gasteiger charge is 2.13. The number of hydrogen-bond acceptors (Lipinski definition) is 3. The maximum atomic E-state index is 11.5. The number of benzene rings is 1. The lowest BCUT2D eigenvalue weighted by atomic mass is 10.1. The standard InChI is InChI=1S/C12H13NO3/c1-15-12(16-2)9-7-11(14)13-10-6-4-3-5-8(9)10/h3-7,12H,1-2H3,(H,13,14). The molecule has 2 aromatic rings. The van der Waals surface area contributed by atoms with Crippen molar-refractivity contribution in [1.29, 1.82) is 0 Å². The third kappa shape index (κ3) is 1.85. The summed E-state index contributed by atoms with van der Waals surface area (Å²) in [6.45, 7) is 0. The number of aromatic amines is 1. The predicted octanol–water partition coefficient (Wildman–Crippen LogP) is 1.82. The van der Waals surface area contributed by atoms with Crippen molar-refractivity contribution in [3.8, 4) is 0 Å². The molecule has 1 aromatic carbocycles. The van der Waals surface area contributed by atoms with Crippen molar-refractivity contribution in [1.82, 2.24) is 4.98 Å². The zero-order valence-corrected chi connectivity index (χ0v) is 9.19. The van der Waals surface area contributed by atoms with E-state index < -0.39 is 6.29 Å². The Kier molecular flexibility index (Phi) is 3.03. The van der Waals surface area contributed by atoms with E-state index in [9.17, 15) is 4.79 Å². The van der Waals surface area contributed by atoms with Gasteiger partial charge in [-0.2, -0.15) is 0 Å². The van der Waals surface area contributed by atoms with Crippen LogP contribution in [0.2, 0.25) is 0 Å². The Morgan fingerprint density at radius 3 is 2.56 bits per heavy atom. The van der Waals surface area contributed by atoms with Gasteiger partial charge in [0.15, 0.2) is 6.29 Å². The van der Waals surface area contributed by atoms with Crippen LogP contribution in [-0.4, -0.2) is 19.2 Å². The van der Waals surface area contributed by atoms with Crippen molar-refractivity contribution in [2.45, 2.75) is 6.29 Å². The second-order valence-corrected chi connectivity index (χ2v) is 3.44. The SMILES string of the molecule is COC(OC)c1cc(=O)[nH]c2ccccc12. The fraction of sp³-hybridized carbons (Fsp3) is 0.250. The molecule has 0 fully saturated rings. The molecule has 0 saturated carbocycles. The van der Waals surface area contributed by atoms with Gasteiger partial charge in [-0.25, -0.2) is 0 Å². The van der Waals surface area contributed by atoms with Crippen LogP contribution in [0.4, 0.5) is 0 Å². The number of fused-ring (bicyclic) bond motifs is 1. The summed E-state index contributed by atoms with van der Waals surface area (Å²) in [6.07, 6.45) is -0.521. The zero-order chi connectivity index (χ0) is 11.5. The maximum Gasteiger partial charge on any atom is 0.248 e. The van der Waals surface area contributed by atoms with Crippen molar-refractivity contribution in [2.75, 3.05) is 14.2 Å². The lowest BCUT2D eigenvalue weighted by Crippen LogP contribution is -2.11. The topological polar surface area (TPSA) is 51.3 Å². The van der Waals surface area contributed by atoms with Gasteiger partial charge in [-0.3, -0.25) is 4.79 Å². The van der Waals surface area contributed by atoms with Crippen molar-refractivity contribution in [2.24, 2.45) is 0 Å². The van der Waals surface area contributed by atoms with Crippen molar-refractivity contribution in [3.05, 3.63) is 46.2 Å². The molecule has 0 amide bonds. The number of H-pyrrole nitrogens is 1. The van der Waals surface area contributed by atoms with Gasteiger partial charge in [0, 0.05) is 36.8 Å². The Morgan fingerprint density at radius 1 is 1.19 bits per heavy atom. The van der Waals surface area contributed by atoms with Crippen LogP contribution in [0.5, 0.6) is 0 Å². The maximum absolute atomic E-state index is 11.5. The van der Waals surface area contributed by atoms with Gasteiger partial charge >= 0.3 is 0 Å². The third-order valence-electron chi connectivity index (χ3n) is 2.46. The van der Waals surface area contributed by atoms with Crippen LogP contribution in [0, 0.1) is 0 Å². The summed E-state index contributed by atoms with van der Waals surface area (Å²) in [6, 6.07) is 9.05. The van der Waals surface area contributed by atoms with Crippen LogP contribution in [-0.2, 0) is 9.47 Å². The summed E-state index contributed by atoms with van der Waals surface area (Å²) in [4.78, 5) is 14.2. The molecule has 0 atom stereocenters. The predicted molar refractivity (Wildman–Crippen MR) is 61.3 cm³/mol. The molecule has 4 nitrogen and oxygen atoms in total. The molecule has 1 aromatic heterocycles. The first kappa shape index (κ1) is 10.9. The Balaban J connectivity index is 2.71. The molecule has 84 valence electrons. The summed E-state index contributed by atoms with van der Waals surface area (Å²) in [5.41, 5.74) is 1.36. The van der Waals surface area contributed by atoms with Gasteiger partial charge in [-0.1, -0.05) is 18.2 Å². The Morgan fingerprint density at radius 2 is 1.88 bits per heavy atom. The molecular formula is C12H13NO3. The average Bonchev–Trinajstić information content (AvgIpc) is 2.30. The number of pyridine rings is 1. The summed E-state index contributed by atoms with van der Waals surface area (Å²) >= 11 is 0. The van der Waals surface area contributed by atoms with Crippen LogP contribution >= 0.6 is 0 Å². The van der Waals surface area contributed by atoms with Crippen LogP contribution in [0.25, 0.3) is 10.9 Å². The first-order valence-corrected chi connectivity index (χ1v) is 4.94. The minimum atomic E-state index is -0.521. The van der Waals surface area contributed by atoms with Crippen LogP contribution in [0.15, 0.2) is 35.1 Å². The number of nitrogens with one attached hydrogen (secondary N) is 1. The molecule has 1 heterocycles. The summed E-state index contributed by atoms with van der Waals surface area (Å²) in [5, 5.41) is 0.927. The van der Waals surface area contributed by atoms with E-state index in [-0.39, 0.29) is 5.56 Å². The molecule has 4 heteroatoms. The highest BCUT2D eigenvalue weighted by Crippen LogP contribution is 2.23. The quantitative estimate of drug-likeness (QED) is 0.801. The highest BCUT2D eigenvalue weighted by atomic mass is 16.7. The van der Waals surface area contributed by atoms with Gasteiger partial charge in [-0.05, 0) is 6.07 Å². The fourth-order valence-electron chi connectivity index (χ4n) is 1.78. The number of ether oxygens (including phenoxy) is 2. The lowest BCUT2D eigenvalue weighted by molar-refractivity contribution is -0.105. The van der Waals surface area contributed by atoms with Gasteiger partial charge in [0.2, 0.25) is 5.56 Å². The van der Waals surface area contributed by atoms with Crippen LogP contribution in [0.3, 0.4) is 0 Å². The highest BCUT2D eigenvalue weighted by molar-refractivity contribution is 5.82. The fourth-order valence-corrected chi connectivity index (χ4v) is 1.78. The van der Waals surface area contributed by atoms with E-state index in [1.807, 2.05) is 24.3 Å². The summed E-state index contributed by atoms with van der Waals surface area (Å²) in [5.74, 6) is 0. The normalized spacial score (nSPS) is 11.2. The lowest BCUT2D eigenvalue weighted by Gasteiger charge is -2.15. The van der Waals surface area contributed by atoms with E-state index >= 15 is 0 Å². The molecule has 0 spiro atoms. The summed E-state index contributed by atoms with van der Waals surface area (Å²) < 4.78 is 10.3. The number of methoxy groups -OCH3 is 2. The molecule has 0 unspecified atom stereocenters. The largest absolute Gasteiger partial charge is 0.352 e. The van der Waals surface area contributed by atoms with Gasteiger partial charge in [-0.15, -0.1) is 0 Å². The average molecular weight is 219 g/mol.